The number of halogens is 1. The maximum absolute atomic E-state index is 13.0. The number of likely N-dealkylation sites (tertiary alicyclic amines) is 1. The second kappa shape index (κ2) is 5.36. The molecule has 1 amide bonds. The smallest absolute Gasteiger partial charge is 0.291 e. The number of ketones is 2. The van der Waals surface area contributed by atoms with Gasteiger partial charge in [-0.15, -0.1) is 6.58 Å². The Hall–Kier alpha value is -2.30. The Morgan fingerprint density at radius 2 is 1.95 bits per heavy atom. The number of hydrogen-bond acceptors (Lipinski definition) is 3. The summed E-state index contributed by atoms with van der Waals surface area (Å²) in [5.41, 5.74) is 0.563. The van der Waals surface area contributed by atoms with Crippen LogP contribution in [-0.4, -0.2) is 28.9 Å². The van der Waals surface area contributed by atoms with Crippen molar-refractivity contribution in [2.24, 2.45) is 5.92 Å². The molecule has 0 aliphatic carbocycles. The third kappa shape index (κ3) is 2.27. The van der Waals surface area contributed by atoms with Crippen LogP contribution in [0.25, 0.3) is 0 Å². The van der Waals surface area contributed by atoms with E-state index >= 15 is 0 Å². The van der Waals surface area contributed by atoms with Crippen molar-refractivity contribution in [1.29, 1.82) is 0 Å². The number of hydrogen-bond donors (Lipinski definition) is 0. The van der Waals surface area contributed by atoms with Crippen LogP contribution in [-0.2, 0) is 14.4 Å². The van der Waals surface area contributed by atoms with Crippen LogP contribution in [0, 0.1) is 11.7 Å². The minimum Gasteiger partial charge on any atom is -0.324 e. The fraction of sp³-hybridized carbons (Fsp3) is 0.267. The average Bonchev–Trinajstić information content (AvgIpc) is 2.65. The van der Waals surface area contributed by atoms with Gasteiger partial charge in [0.2, 0.25) is 5.78 Å². The van der Waals surface area contributed by atoms with Gasteiger partial charge < -0.3 is 4.90 Å². The zero-order chi connectivity index (χ0) is 14.9. The van der Waals surface area contributed by atoms with Crippen LogP contribution in [0.1, 0.15) is 18.5 Å². The van der Waals surface area contributed by atoms with Gasteiger partial charge in [0.25, 0.3) is 5.91 Å². The average molecular weight is 275 g/mol. The summed E-state index contributed by atoms with van der Waals surface area (Å²) >= 11 is 0. The monoisotopic (exact) mass is 275 g/mol. The number of carbonyl (C=O) groups is 3. The molecule has 0 N–H and O–H groups in total. The maximum atomic E-state index is 13.0. The van der Waals surface area contributed by atoms with Gasteiger partial charge in [0.05, 0.1) is 6.04 Å². The van der Waals surface area contributed by atoms with E-state index in [1.54, 1.807) is 0 Å². The molecule has 1 aromatic rings. The van der Waals surface area contributed by atoms with Gasteiger partial charge in [-0.05, 0) is 24.6 Å². The summed E-state index contributed by atoms with van der Waals surface area (Å²) in [6.07, 6.45) is 1.49. The summed E-state index contributed by atoms with van der Waals surface area (Å²) in [5, 5.41) is 0. The SMILES string of the molecule is C=CCN1C(=O)C(=O)C(C(C)=O)C1c1ccc(F)cc1. The fourth-order valence-corrected chi connectivity index (χ4v) is 2.50. The highest BCUT2D eigenvalue weighted by molar-refractivity contribution is 6.42. The molecule has 1 aromatic carbocycles. The van der Waals surface area contributed by atoms with E-state index in [0.29, 0.717) is 5.56 Å². The van der Waals surface area contributed by atoms with Gasteiger partial charge in [0.15, 0.2) is 0 Å². The first-order chi connectivity index (χ1) is 9.47. The van der Waals surface area contributed by atoms with Gasteiger partial charge >= 0.3 is 0 Å². The Labute approximate surface area is 115 Å². The number of carbonyl (C=O) groups excluding carboxylic acids is 3. The van der Waals surface area contributed by atoms with E-state index in [2.05, 4.69) is 6.58 Å². The summed E-state index contributed by atoms with van der Waals surface area (Å²) in [4.78, 5) is 36.9. The summed E-state index contributed by atoms with van der Waals surface area (Å²) < 4.78 is 13.0. The van der Waals surface area contributed by atoms with E-state index in [1.165, 1.54) is 42.2 Å². The van der Waals surface area contributed by atoms with Gasteiger partial charge in [0.1, 0.15) is 17.5 Å². The second-order valence-corrected chi connectivity index (χ2v) is 4.70. The molecule has 0 bridgehead atoms. The van der Waals surface area contributed by atoms with Crippen LogP contribution in [0.5, 0.6) is 0 Å². The van der Waals surface area contributed by atoms with Crippen LogP contribution in [0.4, 0.5) is 4.39 Å². The lowest BCUT2D eigenvalue weighted by Crippen LogP contribution is -2.30. The lowest BCUT2D eigenvalue weighted by atomic mass is 9.90. The minimum absolute atomic E-state index is 0.163. The number of amides is 1. The van der Waals surface area contributed by atoms with Crippen LogP contribution < -0.4 is 0 Å². The Morgan fingerprint density at radius 3 is 2.45 bits per heavy atom. The van der Waals surface area contributed by atoms with Gasteiger partial charge in [-0.3, -0.25) is 14.4 Å². The van der Waals surface area contributed by atoms with Crippen LogP contribution >= 0.6 is 0 Å². The molecule has 0 radical (unpaired) electrons. The topological polar surface area (TPSA) is 54.5 Å². The van der Waals surface area contributed by atoms with Crippen molar-refractivity contribution in [3.05, 3.63) is 48.3 Å². The molecule has 0 aromatic heterocycles. The normalized spacial score (nSPS) is 22.2. The molecule has 0 spiro atoms. The molecule has 1 saturated heterocycles. The predicted molar refractivity (Wildman–Crippen MR) is 70.2 cm³/mol. The molecule has 2 unspecified atom stereocenters. The standard InChI is InChI=1S/C15H14FNO3/c1-3-8-17-13(10-4-6-11(16)7-5-10)12(9(2)18)14(19)15(17)20/h3-7,12-13H,1,8H2,2H3. The minimum atomic E-state index is -1.03. The van der Waals surface area contributed by atoms with E-state index < -0.39 is 29.5 Å². The first-order valence-electron chi connectivity index (χ1n) is 6.19. The third-order valence-electron chi connectivity index (χ3n) is 3.38. The van der Waals surface area contributed by atoms with Crippen molar-refractivity contribution in [3.8, 4) is 0 Å². The van der Waals surface area contributed by atoms with E-state index in [0.717, 1.165) is 0 Å². The lowest BCUT2D eigenvalue weighted by molar-refractivity contribution is -0.141. The van der Waals surface area contributed by atoms with Crippen molar-refractivity contribution >= 4 is 17.5 Å². The molecule has 20 heavy (non-hydrogen) atoms. The summed E-state index contributed by atoms with van der Waals surface area (Å²) in [6.45, 7) is 4.99. The predicted octanol–water partition coefficient (Wildman–Crippen LogP) is 1.67. The molecule has 2 atom stereocenters. The van der Waals surface area contributed by atoms with Crippen LogP contribution in [0.2, 0.25) is 0 Å². The molecule has 1 aliphatic rings. The summed E-state index contributed by atoms with van der Waals surface area (Å²) in [5.74, 6) is -3.23. The van der Waals surface area contributed by atoms with E-state index in [-0.39, 0.29) is 12.3 Å². The van der Waals surface area contributed by atoms with Crippen molar-refractivity contribution in [1.82, 2.24) is 4.90 Å². The number of benzene rings is 1. The van der Waals surface area contributed by atoms with Gasteiger partial charge in [-0.25, -0.2) is 4.39 Å². The van der Waals surface area contributed by atoms with Gasteiger partial charge in [-0.1, -0.05) is 18.2 Å². The van der Waals surface area contributed by atoms with Gasteiger partial charge in [0, 0.05) is 6.54 Å². The second-order valence-electron chi connectivity index (χ2n) is 4.70. The van der Waals surface area contributed by atoms with Crippen LogP contribution in [0.15, 0.2) is 36.9 Å². The summed E-state index contributed by atoms with van der Waals surface area (Å²) in [6, 6.07) is 4.76. The highest BCUT2D eigenvalue weighted by Gasteiger charge is 2.49. The number of nitrogens with zero attached hydrogens (tertiary/aromatic N) is 1. The highest BCUT2D eigenvalue weighted by atomic mass is 19.1. The third-order valence-corrected chi connectivity index (χ3v) is 3.38. The quantitative estimate of drug-likeness (QED) is 0.477. The molecule has 104 valence electrons. The van der Waals surface area contributed by atoms with Crippen molar-refractivity contribution in [2.45, 2.75) is 13.0 Å². The van der Waals surface area contributed by atoms with E-state index in [1.807, 2.05) is 0 Å². The zero-order valence-corrected chi connectivity index (χ0v) is 11.0. The van der Waals surface area contributed by atoms with Crippen molar-refractivity contribution < 1.29 is 18.8 Å². The van der Waals surface area contributed by atoms with Crippen LogP contribution in [0.3, 0.4) is 0 Å². The van der Waals surface area contributed by atoms with E-state index in [4.69, 9.17) is 0 Å². The number of rotatable bonds is 4. The summed E-state index contributed by atoms with van der Waals surface area (Å²) in [7, 11) is 0. The Kier molecular flexibility index (Phi) is 3.79. The molecular formula is C15H14FNO3. The molecule has 2 rings (SSSR count). The molecule has 1 aliphatic heterocycles. The zero-order valence-electron chi connectivity index (χ0n) is 11.0. The lowest BCUT2D eigenvalue weighted by Gasteiger charge is -2.25. The largest absolute Gasteiger partial charge is 0.324 e. The molecule has 1 heterocycles. The molecule has 1 fully saturated rings. The molecular weight excluding hydrogens is 261 g/mol. The number of Topliss-reactive ketones (excluding diaryl/α,β-unsaturated/α-hetero) is 2. The first kappa shape index (κ1) is 14.1. The van der Waals surface area contributed by atoms with Crippen molar-refractivity contribution in [2.75, 3.05) is 6.54 Å². The van der Waals surface area contributed by atoms with E-state index in [9.17, 15) is 18.8 Å². The fourth-order valence-electron chi connectivity index (χ4n) is 2.50. The first-order valence-corrected chi connectivity index (χ1v) is 6.19. The highest BCUT2D eigenvalue weighted by Crippen LogP contribution is 2.36. The Bertz CT molecular complexity index is 579. The molecule has 0 saturated carbocycles. The van der Waals surface area contributed by atoms with Gasteiger partial charge in [-0.2, -0.15) is 0 Å². The molecule has 4 nitrogen and oxygen atoms in total. The maximum Gasteiger partial charge on any atom is 0.291 e. The Balaban J connectivity index is 2.49. The Morgan fingerprint density at radius 1 is 1.35 bits per heavy atom. The molecule has 5 heteroatoms. The van der Waals surface area contributed by atoms with Crippen molar-refractivity contribution in [3.63, 3.8) is 0 Å².